The van der Waals surface area contributed by atoms with Crippen LogP contribution in [0.4, 0.5) is 0 Å². The maximum atomic E-state index is 12.3. The maximum absolute atomic E-state index is 12.3. The van der Waals surface area contributed by atoms with E-state index in [0.29, 0.717) is 23.7 Å². The third-order valence-corrected chi connectivity index (χ3v) is 4.54. The molecule has 0 aliphatic heterocycles. The van der Waals surface area contributed by atoms with Crippen LogP contribution < -0.4 is 9.47 Å². The highest BCUT2D eigenvalue weighted by molar-refractivity contribution is 6.24. The van der Waals surface area contributed by atoms with E-state index in [1.165, 1.54) is 13.2 Å². The van der Waals surface area contributed by atoms with Gasteiger partial charge in [-0.1, -0.05) is 25.0 Å². The zero-order chi connectivity index (χ0) is 20.9. The predicted molar refractivity (Wildman–Crippen MR) is 109 cm³/mol. The van der Waals surface area contributed by atoms with Crippen molar-refractivity contribution in [1.82, 2.24) is 0 Å². The van der Waals surface area contributed by atoms with Gasteiger partial charge in [0.05, 0.1) is 19.3 Å². The molecular formula is C22H23O6Si. The highest BCUT2D eigenvalue weighted by Gasteiger charge is 2.09. The van der Waals surface area contributed by atoms with E-state index in [4.69, 9.17) is 9.47 Å². The minimum Gasteiger partial charge on any atom is -0.494 e. The van der Waals surface area contributed by atoms with Crippen molar-refractivity contribution < 1.29 is 28.6 Å². The Balaban J connectivity index is 1.81. The molecule has 0 N–H and O–H groups in total. The fraction of sp³-hybridized carbons (Fsp3) is 0.273. The van der Waals surface area contributed by atoms with Crippen molar-refractivity contribution in [1.29, 1.82) is 0 Å². The first-order valence-corrected chi connectivity index (χ1v) is 10.4. The molecule has 0 heterocycles. The van der Waals surface area contributed by atoms with Gasteiger partial charge in [-0.3, -0.25) is 4.80 Å². The molecule has 0 amide bonds. The summed E-state index contributed by atoms with van der Waals surface area (Å²) >= 11 is 0. The van der Waals surface area contributed by atoms with Crippen molar-refractivity contribution in [3.63, 3.8) is 0 Å². The fourth-order valence-corrected chi connectivity index (χ4v) is 2.79. The van der Waals surface area contributed by atoms with Crippen molar-refractivity contribution in [2.75, 3.05) is 13.7 Å². The lowest BCUT2D eigenvalue weighted by Crippen LogP contribution is -2.08. The van der Waals surface area contributed by atoms with Crippen LogP contribution >= 0.6 is 0 Å². The molecule has 0 saturated carbocycles. The van der Waals surface area contributed by atoms with Crippen molar-refractivity contribution >= 4 is 27.8 Å². The molecule has 0 aromatic heterocycles. The molecule has 3 radical (unpaired) electrons. The quantitative estimate of drug-likeness (QED) is 0.183. The zero-order valence-electron chi connectivity index (χ0n) is 16.3. The number of unbranched alkanes of at least 4 members (excludes halogenated alkanes) is 2. The molecule has 0 unspecified atom stereocenters. The lowest BCUT2D eigenvalue weighted by Gasteiger charge is -2.08. The topological polar surface area (TPSA) is 81.7 Å². The Bertz CT molecular complexity index is 799. The molecule has 29 heavy (non-hydrogen) atoms. The number of rotatable bonds is 11. The number of hydrogen-bond donors (Lipinski definition) is 0. The largest absolute Gasteiger partial charge is 0.494 e. The average Bonchev–Trinajstić information content (AvgIpc) is 2.75. The van der Waals surface area contributed by atoms with Gasteiger partial charge in [0.15, 0.2) is 0 Å². The van der Waals surface area contributed by atoms with Crippen LogP contribution in [0.15, 0.2) is 54.6 Å². The number of benzene rings is 2. The SMILES string of the molecule is COC(=O)/C=C/c1ccc(OC(=O)c2ccc(OCCCCC[Si][O])cc2)cc1. The highest BCUT2D eigenvalue weighted by atomic mass is 28.2. The lowest BCUT2D eigenvalue weighted by molar-refractivity contribution is -0.134. The van der Waals surface area contributed by atoms with Gasteiger partial charge < -0.3 is 14.2 Å². The average molecular weight is 412 g/mol. The number of carbonyl (C=O) groups is 2. The Morgan fingerprint density at radius 2 is 1.62 bits per heavy atom. The van der Waals surface area contributed by atoms with E-state index < -0.39 is 11.9 Å². The smallest absolute Gasteiger partial charge is 0.343 e. The maximum Gasteiger partial charge on any atom is 0.343 e. The van der Waals surface area contributed by atoms with E-state index in [2.05, 4.69) is 4.74 Å². The molecule has 2 aromatic rings. The van der Waals surface area contributed by atoms with Crippen LogP contribution in [-0.2, 0) is 14.3 Å². The van der Waals surface area contributed by atoms with E-state index >= 15 is 0 Å². The Hall–Kier alpha value is -2.90. The van der Waals surface area contributed by atoms with Crippen LogP contribution in [-0.4, -0.2) is 35.4 Å². The van der Waals surface area contributed by atoms with Crippen molar-refractivity contribution in [2.45, 2.75) is 25.3 Å². The van der Waals surface area contributed by atoms with Gasteiger partial charge in [0.2, 0.25) is 0 Å². The molecular weight excluding hydrogens is 388 g/mol. The normalized spacial score (nSPS) is 10.7. The van der Waals surface area contributed by atoms with E-state index in [1.807, 2.05) is 0 Å². The van der Waals surface area contributed by atoms with E-state index in [0.717, 1.165) is 30.9 Å². The molecule has 7 heteroatoms. The van der Waals surface area contributed by atoms with Gasteiger partial charge in [-0.15, -0.1) is 0 Å². The molecule has 151 valence electrons. The lowest BCUT2D eigenvalue weighted by atomic mass is 10.2. The molecule has 0 fully saturated rings. The van der Waals surface area contributed by atoms with Crippen molar-refractivity contribution in [3.05, 3.63) is 65.7 Å². The van der Waals surface area contributed by atoms with Crippen LogP contribution in [0.5, 0.6) is 11.5 Å². The minimum atomic E-state index is -0.465. The Morgan fingerprint density at radius 3 is 2.28 bits per heavy atom. The molecule has 0 saturated heterocycles. The summed E-state index contributed by atoms with van der Waals surface area (Å²) < 4.78 is 15.5. The summed E-state index contributed by atoms with van der Waals surface area (Å²) in [5.41, 5.74) is 1.20. The summed E-state index contributed by atoms with van der Waals surface area (Å²) in [6, 6.07) is 14.3. The minimum absolute atomic E-state index is 0.229. The van der Waals surface area contributed by atoms with Crippen molar-refractivity contribution in [3.8, 4) is 11.5 Å². The van der Waals surface area contributed by atoms with Gasteiger partial charge in [-0.05, 0) is 60.5 Å². The summed E-state index contributed by atoms with van der Waals surface area (Å²) in [4.78, 5) is 33.8. The van der Waals surface area contributed by atoms with E-state index in [-0.39, 0.29) is 9.76 Å². The second-order valence-corrected chi connectivity index (χ2v) is 6.93. The summed E-state index contributed by atoms with van der Waals surface area (Å²) in [6.07, 6.45) is 5.76. The number of carbonyl (C=O) groups excluding carboxylic acids is 2. The first-order chi connectivity index (χ1) is 14.1. The van der Waals surface area contributed by atoms with Gasteiger partial charge in [0, 0.05) is 6.08 Å². The van der Waals surface area contributed by atoms with Gasteiger partial charge in [-0.2, -0.15) is 0 Å². The van der Waals surface area contributed by atoms with Crippen molar-refractivity contribution in [2.24, 2.45) is 0 Å². The summed E-state index contributed by atoms with van der Waals surface area (Å²) in [7, 11) is 1.08. The van der Waals surface area contributed by atoms with Crippen LogP contribution in [0.25, 0.3) is 6.08 Å². The molecule has 2 rings (SSSR count). The molecule has 0 bridgehead atoms. The number of ether oxygens (including phenoxy) is 3. The summed E-state index contributed by atoms with van der Waals surface area (Å²) in [5.74, 6) is 0.193. The Kier molecular flexibility index (Phi) is 9.68. The van der Waals surface area contributed by atoms with E-state index in [9.17, 15) is 14.4 Å². The van der Waals surface area contributed by atoms with Gasteiger partial charge in [0.1, 0.15) is 11.5 Å². The van der Waals surface area contributed by atoms with Gasteiger partial charge >= 0.3 is 11.9 Å². The summed E-state index contributed by atoms with van der Waals surface area (Å²) in [5, 5.41) is 0. The predicted octanol–water partition coefficient (Wildman–Crippen LogP) is 4.11. The van der Waals surface area contributed by atoms with E-state index in [1.54, 1.807) is 54.6 Å². The number of esters is 2. The monoisotopic (exact) mass is 411 g/mol. The first-order valence-electron chi connectivity index (χ1n) is 9.28. The Morgan fingerprint density at radius 1 is 0.931 bits per heavy atom. The molecule has 6 nitrogen and oxygen atoms in total. The third-order valence-electron chi connectivity index (χ3n) is 3.99. The Labute approximate surface area is 173 Å². The molecule has 0 atom stereocenters. The highest BCUT2D eigenvalue weighted by Crippen LogP contribution is 2.17. The van der Waals surface area contributed by atoms with Crippen LogP contribution in [0.2, 0.25) is 6.04 Å². The molecule has 0 aliphatic carbocycles. The van der Waals surface area contributed by atoms with Gasteiger partial charge in [-0.25, -0.2) is 9.59 Å². The van der Waals surface area contributed by atoms with Crippen LogP contribution in [0, 0.1) is 0 Å². The zero-order valence-corrected chi connectivity index (χ0v) is 17.3. The third kappa shape index (κ3) is 8.33. The molecule has 0 spiro atoms. The standard InChI is InChI=1S/C22H23O6Si/c1-26-21(23)14-7-17-5-10-20(11-6-17)28-22(24)18-8-12-19(13-9-18)27-15-3-2-4-16-29-25/h5-14H,2-4,15-16H2,1H3/b14-7+. The second kappa shape index (κ2) is 12.5. The van der Waals surface area contributed by atoms with Gasteiger partial charge in [0.25, 0.3) is 9.76 Å². The number of hydrogen-bond acceptors (Lipinski definition) is 5. The second-order valence-electron chi connectivity index (χ2n) is 6.14. The summed E-state index contributed by atoms with van der Waals surface area (Å²) in [6.45, 7) is 0.586. The number of methoxy groups -OCH3 is 1. The van der Waals surface area contributed by atoms with Crippen LogP contribution in [0.1, 0.15) is 35.2 Å². The first kappa shape index (κ1) is 22.4. The van der Waals surface area contributed by atoms with Crippen LogP contribution in [0.3, 0.4) is 0 Å². The molecule has 2 aromatic carbocycles. The molecule has 0 aliphatic rings. The fourth-order valence-electron chi connectivity index (χ4n) is 2.40.